The second-order valence-electron chi connectivity index (χ2n) is 5.89. The standard InChI is InChI=1S/C16H29N3O/c1-6-8-17-14(5)15-7-9-19(10-15)11-16(20)18-13(4)12(2)3/h7,9-10,12-14,17H,6,8,11H2,1-5H3,(H,18,20). The Hall–Kier alpha value is -1.29. The zero-order valence-electron chi connectivity index (χ0n) is 13.4. The quantitative estimate of drug-likeness (QED) is 0.768. The van der Waals surface area contributed by atoms with Crippen LogP contribution in [0.5, 0.6) is 0 Å². The van der Waals surface area contributed by atoms with Crippen molar-refractivity contribution in [1.82, 2.24) is 15.2 Å². The second-order valence-corrected chi connectivity index (χ2v) is 5.89. The lowest BCUT2D eigenvalue weighted by Crippen LogP contribution is -2.37. The van der Waals surface area contributed by atoms with Crippen LogP contribution >= 0.6 is 0 Å². The van der Waals surface area contributed by atoms with E-state index in [1.54, 1.807) is 0 Å². The molecule has 114 valence electrons. The molecule has 2 N–H and O–H groups in total. The van der Waals surface area contributed by atoms with Crippen LogP contribution in [0.25, 0.3) is 0 Å². The Labute approximate surface area is 122 Å². The van der Waals surface area contributed by atoms with Gasteiger partial charge >= 0.3 is 0 Å². The maximum Gasteiger partial charge on any atom is 0.240 e. The molecule has 1 aromatic heterocycles. The van der Waals surface area contributed by atoms with Crippen molar-refractivity contribution in [3.8, 4) is 0 Å². The predicted molar refractivity (Wildman–Crippen MR) is 83.6 cm³/mol. The Morgan fingerprint density at radius 2 is 2.00 bits per heavy atom. The topological polar surface area (TPSA) is 46.1 Å². The Morgan fingerprint density at radius 1 is 1.30 bits per heavy atom. The molecule has 0 saturated heterocycles. The first-order valence-corrected chi connectivity index (χ1v) is 7.62. The van der Waals surface area contributed by atoms with Crippen LogP contribution in [0.15, 0.2) is 18.5 Å². The summed E-state index contributed by atoms with van der Waals surface area (Å²) in [5.41, 5.74) is 1.23. The van der Waals surface area contributed by atoms with Crippen molar-refractivity contribution in [3.63, 3.8) is 0 Å². The Bertz CT molecular complexity index is 412. The number of rotatable bonds is 8. The Morgan fingerprint density at radius 3 is 2.60 bits per heavy atom. The van der Waals surface area contributed by atoms with Crippen LogP contribution in [0, 0.1) is 5.92 Å². The molecule has 4 heteroatoms. The summed E-state index contributed by atoms with van der Waals surface area (Å²) >= 11 is 0. The number of hydrogen-bond acceptors (Lipinski definition) is 2. The molecular weight excluding hydrogens is 250 g/mol. The van der Waals surface area contributed by atoms with Gasteiger partial charge in [-0.15, -0.1) is 0 Å². The van der Waals surface area contributed by atoms with Gasteiger partial charge in [-0.25, -0.2) is 0 Å². The summed E-state index contributed by atoms with van der Waals surface area (Å²) in [6.07, 6.45) is 5.15. The van der Waals surface area contributed by atoms with Gasteiger partial charge in [-0.3, -0.25) is 4.79 Å². The fraction of sp³-hybridized carbons (Fsp3) is 0.688. The first-order chi connectivity index (χ1) is 9.43. The molecule has 1 aromatic rings. The van der Waals surface area contributed by atoms with E-state index < -0.39 is 0 Å². The van der Waals surface area contributed by atoms with Gasteiger partial charge < -0.3 is 15.2 Å². The molecule has 0 bridgehead atoms. The summed E-state index contributed by atoms with van der Waals surface area (Å²) < 4.78 is 1.95. The molecule has 0 spiro atoms. The molecule has 1 amide bonds. The fourth-order valence-corrected chi connectivity index (χ4v) is 1.92. The third kappa shape index (κ3) is 5.37. The Balaban J connectivity index is 2.49. The number of carbonyl (C=O) groups is 1. The van der Waals surface area contributed by atoms with E-state index in [0.717, 1.165) is 13.0 Å². The van der Waals surface area contributed by atoms with E-state index in [-0.39, 0.29) is 11.9 Å². The smallest absolute Gasteiger partial charge is 0.240 e. The molecule has 4 nitrogen and oxygen atoms in total. The summed E-state index contributed by atoms with van der Waals surface area (Å²) in [6, 6.07) is 2.61. The number of hydrogen-bond donors (Lipinski definition) is 2. The van der Waals surface area contributed by atoms with Gasteiger partial charge in [0, 0.05) is 24.5 Å². The summed E-state index contributed by atoms with van der Waals surface area (Å²) in [5.74, 6) is 0.528. The van der Waals surface area contributed by atoms with Crippen molar-refractivity contribution in [2.45, 2.75) is 59.7 Å². The summed E-state index contributed by atoms with van der Waals surface area (Å²) in [7, 11) is 0. The minimum Gasteiger partial charge on any atom is -0.352 e. The molecule has 0 aromatic carbocycles. The van der Waals surface area contributed by atoms with Gasteiger partial charge in [-0.2, -0.15) is 0 Å². The minimum absolute atomic E-state index is 0.0718. The van der Waals surface area contributed by atoms with E-state index in [4.69, 9.17) is 0 Å². The first-order valence-electron chi connectivity index (χ1n) is 7.62. The van der Waals surface area contributed by atoms with Crippen LogP contribution in [0.4, 0.5) is 0 Å². The maximum absolute atomic E-state index is 11.9. The molecule has 0 aliphatic heterocycles. The molecule has 2 unspecified atom stereocenters. The van der Waals surface area contributed by atoms with Crippen molar-refractivity contribution in [3.05, 3.63) is 24.0 Å². The molecule has 1 rings (SSSR count). The van der Waals surface area contributed by atoms with Crippen LogP contribution in [0.1, 0.15) is 52.6 Å². The average Bonchev–Trinajstić information content (AvgIpc) is 2.84. The van der Waals surface area contributed by atoms with Gasteiger partial charge in [0.25, 0.3) is 0 Å². The van der Waals surface area contributed by atoms with Gasteiger partial charge in [0.2, 0.25) is 5.91 Å². The lowest BCUT2D eigenvalue weighted by atomic mass is 10.1. The summed E-state index contributed by atoms with van der Waals surface area (Å²) in [4.78, 5) is 11.9. The molecule has 2 atom stereocenters. The van der Waals surface area contributed by atoms with Gasteiger partial charge in [0.15, 0.2) is 0 Å². The third-order valence-corrected chi connectivity index (χ3v) is 3.69. The number of amides is 1. The number of aromatic nitrogens is 1. The highest BCUT2D eigenvalue weighted by Gasteiger charge is 2.12. The normalized spacial score (nSPS) is 14.3. The van der Waals surface area contributed by atoms with Gasteiger partial charge in [0.1, 0.15) is 6.54 Å². The third-order valence-electron chi connectivity index (χ3n) is 3.69. The number of nitrogens with one attached hydrogen (secondary N) is 2. The van der Waals surface area contributed by atoms with Crippen molar-refractivity contribution in [2.24, 2.45) is 5.92 Å². The second kappa shape index (κ2) is 8.10. The van der Waals surface area contributed by atoms with Crippen LogP contribution < -0.4 is 10.6 Å². The first kappa shape index (κ1) is 16.8. The summed E-state index contributed by atoms with van der Waals surface area (Å²) in [5, 5.41) is 6.47. The van der Waals surface area contributed by atoms with Crippen molar-refractivity contribution in [1.29, 1.82) is 0 Å². The zero-order chi connectivity index (χ0) is 15.1. The highest BCUT2D eigenvalue weighted by molar-refractivity contribution is 5.76. The zero-order valence-corrected chi connectivity index (χ0v) is 13.4. The van der Waals surface area contributed by atoms with E-state index in [2.05, 4.69) is 44.4 Å². The van der Waals surface area contributed by atoms with E-state index in [1.165, 1.54) is 5.56 Å². The molecule has 0 aliphatic carbocycles. The molecule has 20 heavy (non-hydrogen) atoms. The number of carbonyl (C=O) groups excluding carboxylic acids is 1. The molecule has 0 saturated carbocycles. The molecule has 0 radical (unpaired) electrons. The lowest BCUT2D eigenvalue weighted by Gasteiger charge is -2.17. The largest absolute Gasteiger partial charge is 0.352 e. The van der Waals surface area contributed by atoms with Gasteiger partial charge in [0.05, 0.1) is 0 Å². The monoisotopic (exact) mass is 279 g/mol. The highest BCUT2D eigenvalue weighted by Crippen LogP contribution is 2.12. The predicted octanol–water partition coefficient (Wildman–Crippen LogP) is 2.71. The number of nitrogens with zero attached hydrogens (tertiary/aromatic N) is 1. The molecule has 1 heterocycles. The lowest BCUT2D eigenvalue weighted by molar-refractivity contribution is -0.122. The van der Waals surface area contributed by atoms with Crippen LogP contribution in [0.3, 0.4) is 0 Å². The molecular formula is C16H29N3O. The molecule has 0 fully saturated rings. The highest BCUT2D eigenvalue weighted by atomic mass is 16.2. The maximum atomic E-state index is 11.9. The molecule has 0 aliphatic rings. The van der Waals surface area contributed by atoms with E-state index >= 15 is 0 Å². The van der Waals surface area contributed by atoms with Crippen molar-refractivity contribution in [2.75, 3.05) is 6.54 Å². The Kier molecular flexibility index (Phi) is 6.79. The van der Waals surface area contributed by atoms with Gasteiger partial charge in [-0.05, 0) is 44.4 Å². The average molecular weight is 279 g/mol. The van der Waals surface area contributed by atoms with E-state index in [1.807, 2.05) is 23.9 Å². The van der Waals surface area contributed by atoms with Crippen molar-refractivity contribution >= 4 is 5.91 Å². The van der Waals surface area contributed by atoms with E-state index in [9.17, 15) is 4.79 Å². The summed E-state index contributed by atoms with van der Waals surface area (Å²) in [6.45, 7) is 12.0. The van der Waals surface area contributed by atoms with Gasteiger partial charge in [-0.1, -0.05) is 20.8 Å². The van der Waals surface area contributed by atoms with E-state index in [0.29, 0.717) is 18.5 Å². The fourth-order valence-electron chi connectivity index (χ4n) is 1.92. The minimum atomic E-state index is 0.0718. The van der Waals surface area contributed by atoms with Crippen molar-refractivity contribution < 1.29 is 4.79 Å². The SMILES string of the molecule is CCCNC(C)c1ccn(CC(=O)NC(C)C(C)C)c1. The van der Waals surface area contributed by atoms with Crippen LogP contribution in [-0.2, 0) is 11.3 Å². The van der Waals surface area contributed by atoms with Crippen LogP contribution in [0.2, 0.25) is 0 Å². The van der Waals surface area contributed by atoms with Crippen LogP contribution in [-0.4, -0.2) is 23.1 Å².